The molecule has 0 unspecified atom stereocenters. The molecule has 2 aromatic heterocycles. The highest BCUT2D eigenvalue weighted by molar-refractivity contribution is 7.20. The van der Waals surface area contributed by atoms with Crippen molar-refractivity contribution in [3.63, 3.8) is 0 Å². The number of benzene rings is 3. The van der Waals surface area contributed by atoms with Crippen LogP contribution < -0.4 is 10.1 Å². The highest BCUT2D eigenvalue weighted by Crippen LogP contribution is 2.30. The number of hydrogen-bond donors (Lipinski definition) is 1. The molecule has 33 heavy (non-hydrogen) atoms. The minimum Gasteiger partial charge on any atom is -0.497 e. The molecule has 5 rings (SSSR count). The molecule has 0 radical (unpaired) electrons. The fourth-order valence-electron chi connectivity index (χ4n) is 3.64. The third kappa shape index (κ3) is 4.49. The maximum Gasteiger partial charge on any atom is 0.256 e. The van der Waals surface area contributed by atoms with Crippen LogP contribution in [0.5, 0.6) is 5.75 Å². The number of fused-ring (bicyclic) bond motifs is 1. The number of ether oxygens (including phenoxy) is 1. The summed E-state index contributed by atoms with van der Waals surface area (Å²) in [5, 5.41) is 8.21. The number of aryl methyl sites for hydroxylation is 1. The van der Waals surface area contributed by atoms with Crippen LogP contribution in [0.25, 0.3) is 15.3 Å². The van der Waals surface area contributed by atoms with E-state index in [-0.39, 0.29) is 5.91 Å². The molecule has 0 aliphatic carbocycles. The van der Waals surface area contributed by atoms with E-state index >= 15 is 0 Å². The molecule has 1 N–H and O–H groups in total. The van der Waals surface area contributed by atoms with Crippen molar-refractivity contribution in [3.05, 3.63) is 101 Å². The monoisotopic (exact) mass is 454 g/mol. The van der Waals surface area contributed by atoms with Crippen molar-refractivity contribution in [2.45, 2.75) is 13.3 Å². The number of amides is 1. The van der Waals surface area contributed by atoms with Crippen molar-refractivity contribution in [2.24, 2.45) is 0 Å². The first-order chi connectivity index (χ1) is 16.1. The molecule has 6 nitrogen and oxygen atoms in total. The maximum atomic E-state index is 12.9. The minimum atomic E-state index is -0.190. The van der Waals surface area contributed by atoms with E-state index in [1.807, 2.05) is 73.7 Å². The lowest BCUT2D eigenvalue weighted by Crippen LogP contribution is -2.15. The lowest BCUT2D eigenvalue weighted by molar-refractivity contribution is 0.102. The van der Waals surface area contributed by atoms with Gasteiger partial charge >= 0.3 is 0 Å². The van der Waals surface area contributed by atoms with Crippen LogP contribution in [0.15, 0.2) is 78.9 Å². The summed E-state index contributed by atoms with van der Waals surface area (Å²) >= 11 is 1.49. The largest absolute Gasteiger partial charge is 0.497 e. The van der Waals surface area contributed by atoms with Crippen LogP contribution in [0.4, 0.5) is 5.82 Å². The van der Waals surface area contributed by atoms with Crippen molar-refractivity contribution in [2.75, 3.05) is 12.4 Å². The van der Waals surface area contributed by atoms with Gasteiger partial charge in [0, 0.05) is 11.6 Å². The molecular formula is C26H22N4O2S. The summed E-state index contributed by atoms with van der Waals surface area (Å²) in [7, 11) is 1.64. The number of nitrogens with one attached hydrogen (secondary N) is 1. The van der Waals surface area contributed by atoms with Crippen LogP contribution >= 0.6 is 11.3 Å². The summed E-state index contributed by atoms with van der Waals surface area (Å²) in [6.07, 6.45) is 0.830. The molecule has 164 valence electrons. The summed E-state index contributed by atoms with van der Waals surface area (Å²) in [4.78, 5) is 17.6. The predicted molar refractivity (Wildman–Crippen MR) is 132 cm³/mol. The Morgan fingerprint density at radius 1 is 1.00 bits per heavy atom. The Bertz CT molecular complexity index is 1420. The molecule has 0 aliphatic heterocycles. The SMILES string of the molecule is COc1ccc2nc(-n3nc(C)cc3NC(=O)c3ccc(Cc4ccccc4)cc3)sc2c1. The first kappa shape index (κ1) is 20.9. The average molecular weight is 455 g/mol. The van der Waals surface area contributed by atoms with Crippen molar-refractivity contribution in [1.29, 1.82) is 0 Å². The zero-order valence-corrected chi connectivity index (χ0v) is 19.1. The number of nitrogens with zero attached hydrogens (tertiary/aromatic N) is 3. The number of thiazole rings is 1. The van der Waals surface area contributed by atoms with E-state index in [0.717, 1.165) is 33.6 Å². The third-order valence-corrected chi connectivity index (χ3v) is 6.30. The predicted octanol–water partition coefficient (Wildman–Crippen LogP) is 5.64. The number of aromatic nitrogens is 3. The molecule has 1 amide bonds. The second-order valence-corrected chi connectivity index (χ2v) is 8.74. The van der Waals surface area contributed by atoms with Gasteiger partial charge in [0.2, 0.25) is 5.13 Å². The Morgan fingerprint density at radius 3 is 2.52 bits per heavy atom. The summed E-state index contributed by atoms with van der Waals surface area (Å²) in [5.41, 5.74) is 4.63. The fraction of sp³-hybridized carbons (Fsp3) is 0.115. The molecule has 3 aromatic carbocycles. The molecular weight excluding hydrogens is 432 g/mol. The van der Waals surface area contributed by atoms with Crippen LogP contribution in [0.1, 0.15) is 27.2 Å². The van der Waals surface area contributed by atoms with Crippen LogP contribution in [-0.2, 0) is 6.42 Å². The van der Waals surface area contributed by atoms with Crippen LogP contribution in [0.2, 0.25) is 0 Å². The van der Waals surface area contributed by atoms with Gasteiger partial charge in [0.25, 0.3) is 5.91 Å². The molecule has 2 heterocycles. The van der Waals surface area contributed by atoms with Gasteiger partial charge in [-0.2, -0.15) is 9.78 Å². The van der Waals surface area contributed by atoms with E-state index < -0.39 is 0 Å². The smallest absolute Gasteiger partial charge is 0.256 e. The first-order valence-corrected chi connectivity index (χ1v) is 11.4. The zero-order valence-electron chi connectivity index (χ0n) is 18.3. The molecule has 0 aliphatic rings. The van der Waals surface area contributed by atoms with E-state index in [0.29, 0.717) is 16.5 Å². The summed E-state index contributed by atoms with van der Waals surface area (Å²) in [6, 6.07) is 25.5. The van der Waals surface area contributed by atoms with Gasteiger partial charge < -0.3 is 10.1 Å². The van der Waals surface area contributed by atoms with Gasteiger partial charge in [-0.3, -0.25) is 4.79 Å². The minimum absolute atomic E-state index is 0.190. The molecule has 0 fully saturated rings. The Kier molecular flexibility index (Phi) is 5.62. The van der Waals surface area contributed by atoms with E-state index in [2.05, 4.69) is 27.5 Å². The second kappa shape index (κ2) is 8.88. The number of anilines is 1. The van der Waals surface area contributed by atoms with Crippen molar-refractivity contribution in [3.8, 4) is 10.9 Å². The summed E-state index contributed by atoms with van der Waals surface area (Å²) in [5.74, 6) is 1.17. The van der Waals surface area contributed by atoms with Crippen molar-refractivity contribution < 1.29 is 9.53 Å². The van der Waals surface area contributed by atoms with Crippen LogP contribution in [0, 0.1) is 6.92 Å². The number of carbonyl (C=O) groups is 1. The quantitative estimate of drug-likeness (QED) is 0.360. The van der Waals surface area contributed by atoms with Gasteiger partial charge in [0.05, 0.1) is 23.0 Å². The van der Waals surface area contributed by atoms with Crippen molar-refractivity contribution in [1.82, 2.24) is 14.8 Å². The number of carbonyl (C=O) groups excluding carboxylic acids is 1. The van der Waals surface area contributed by atoms with E-state index in [4.69, 9.17) is 4.74 Å². The van der Waals surface area contributed by atoms with Gasteiger partial charge in [-0.15, -0.1) is 0 Å². The topological polar surface area (TPSA) is 69.0 Å². The van der Waals surface area contributed by atoms with Crippen molar-refractivity contribution >= 4 is 33.3 Å². The average Bonchev–Trinajstić information content (AvgIpc) is 3.42. The molecule has 0 saturated carbocycles. The highest BCUT2D eigenvalue weighted by Gasteiger charge is 2.16. The fourth-order valence-corrected chi connectivity index (χ4v) is 4.60. The third-order valence-electron chi connectivity index (χ3n) is 5.31. The van der Waals surface area contributed by atoms with Crippen LogP contribution in [-0.4, -0.2) is 27.8 Å². The normalized spacial score (nSPS) is 11.0. The Balaban J connectivity index is 1.36. The Labute approximate surface area is 195 Å². The molecule has 0 saturated heterocycles. The summed E-state index contributed by atoms with van der Waals surface area (Å²) < 4.78 is 7.97. The Hall–Kier alpha value is -3.97. The first-order valence-electron chi connectivity index (χ1n) is 10.5. The molecule has 7 heteroatoms. The van der Waals surface area contributed by atoms with Gasteiger partial charge in [-0.25, -0.2) is 4.98 Å². The number of methoxy groups -OCH3 is 1. The van der Waals surface area contributed by atoms with Gasteiger partial charge in [0.15, 0.2) is 0 Å². The lowest BCUT2D eigenvalue weighted by Gasteiger charge is -2.07. The van der Waals surface area contributed by atoms with E-state index in [1.165, 1.54) is 16.9 Å². The molecule has 0 bridgehead atoms. The zero-order chi connectivity index (χ0) is 22.8. The summed E-state index contributed by atoms with van der Waals surface area (Å²) in [6.45, 7) is 1.89. The van der Waals surface area contributed by atoms with Gasteiger partial charge in [-0.05, 0) is 54.8 Å². The molecule has 0 atom stereocenters. The molecule has 0 spiro atoms. The van der Waals surface area contributed by atoms with Crippen LogP contribution in [0.3, 0.4) is 0 Å². The highest BCUT2D eigenvalue weighted by atomic mass is 32.1. The van der Waals surface area contributed by atoms with Gasteiger partial charge in [-0.1, -0.05) is 53.8 Å². The lowest BCUT2D eigenvalue weighted by atomic mass is 10.0. The number of hydrogen-bond acceptors (Lipinski definition) is 5. The standard InChI is InChI=1S/C26H22N4O2S/c1-17-14-24(30(29-17)26-27-22-13-12-21(32-2)16-23(22)33-26)28-25(31)20-10-8-19(9-11-20)15-18-6-4-3-5-7-18/h3-14,16H,15H2,1-2H3,(H,28,31). The number of rotatable bonds is 6. The van der Waals surface area contributed by atoms with E-state index in [1.54, 1.807) is 11.8 Å². The molecule has 5 aromatic rings. The maximum absolute atomic E-state index is 12.9. The van der Waals surface area contributed by atoms with E-state index in [9.17, 15) is 4.79 Å². The second-order valence-electron chi connectivity index (χ2n) is 7.73. The Morgan fingerprint density at radius 2 is 1.76 bits per heavy atom. The van der Waals surface area contributed by atoms with Gasteiger partial charge in [0.1, 0.15) is 11.6 Å².